The molecule has 214 valence electrons. The molecule has 1 heterocycles. The van der Waals surface area contributed by atoms with Crippen LogP contribution >= 0.6 is 0 Å². The first-order valence-corrected chi connectivity index (χ1v) is 14.2. The minimum absolute atomic E-state index is 0.0482. The zero-order chi connectivity index (χ0) is 29.4. The monoisotopic (exact) mass is 553 g/mol. The number of hydroxylamine groups is 1. The molecule has 4 aromatic rings. The molecule has 1 unspecified atom stereocenters. The normalized spacial score (nSPS) is 11.9. The van der Waals surface area contributed by atoms with Crippen LogP contribution in [0.5, 0.6) is 0 Å². The van der Waals surface area contributed by atoms with Gasteiger partial charge in [0, 0.05) is 23.5 Å². The Labute approximate surface area is 241 Å². The number of carbonyl (C=O) groups is 2. The first-order valence-electron chi connectivity index (χ1n) is 14.2. The van der Waals surface area contributed by atoms with Gasteiger partial charge in [-0.15, -0.1) is 0 Å². The number of unbranched alkanes of at least 4 members (excludes halogenated alkanes) is 1. The van der Waals surface area contributed by atoms with Gasteiger partial charge in [0.2, 0.25) is 5.91 Å². The summed E-state index contributed by atoms with van der Waals surface area (Å²) in [6.07, 6.45) is 0.862. The number of nitrogens with zero attached hydrogens (tertiary/aromatic N) is 1. The molecule has 0 fully saturated rings. The predicted molar refractivity (Wildman–Crippen MR) is 163 cm³/mol. The number of para-hydroxylation sites is 1. The number of hydrogen-bond donors (Lipinski definition) is 4. The number of benzene rings is 3. The van der Waals surface area contributed by atoms with E-state index in [0.29, 0.717) is 24.9 Å². The van der Waals surface area contributed by atoms with E-state index in [1.165, 1.54) is 0 Å². The molecule has 3 aromatic carbocycles. The summed E-state index contributed by atoms with van der Waals surface area (Å²) in [5.41, 5.74) is 8.94. The van der Waals surface area contributed by atoms with Gasteiger partial charge >= 0.3 is 0 Å². The number of aliphatic hydroxyl groups excluding tert-OH is 1. The Morgan fingerprint density at radius 3 is 2.10 bits per heavy atom. The molecule has 4 rings (SSSR count). The first kappa shape index (κ1) is 29.8. The highest BCUT2D eigenvalue weighted by molar-refractivity contribution is 6.12. The fourth-order valence-electron chi connectivity index (χ4n) is 5.32. The van der Waals surface area contributed by atoms with Crippen LogP contribution in [0.15, 0.2) is 84.9 Å². The van der Waals surface area contributed by atoms with Crippen molar-refractivity contribution >= 4 is 17.5 Å². The number of anilines is 1. The second-order valence-electron chi connectivity index (χ2n) is 10.7. The smallest absolute Gasteiger partial charge is 0.258 e. The van der Waals surface area contributed by atoms with Crippen LogP contribution in [0.2, 0.25) is 0 Å². The molecule has 41 heavy (non-hydrogen) atoms. The van der Waals surface area contributed by atoms with Crippen molar-refractivity contribution in [1.82, 2.24) is 10.0 Å². The SMILES string of the molecule is Cc1ccc(-c2c(-c3ccccc3)c(C(=O)Nc3ccccc3)c(C(C)C)n2CCCCC(O)CC(=O)NO)cc1. The van der Waals surface area contributed by atoms with Gasteiger partial charge in [-0.25, -0.2) is 5.48 Å². The second kappa shape index (κ2) is 13.9. The molecule has 1 atom stereocenters. The van der Waals surface area contributed by atoms with Crippen LogP contribution < -0.4 is 10.8 Å². The molecular formula is C34H39N3O4. The molecule has 7 heteroatoms. The lowest BCUT2D eigenvalue weighted by atomic mass is 9.94. The average Bonchev–Trinajstić information content (AvgIpc) is 3.32. The standard InChI is InChI=1S/C34H39N3O4/c1-23(2)32-31(34(40)35-27-14-8-5-9-15-27)30(25-12-6-4-7-13-25)33(26-19-17-24(3)18-20-26)37(32)21-11-10-16-28(38)22-29(39)36-41/h4-9,12-15,17-20,23,28,38,41H,10-11,16,21-22H2,1-3H3,(H,35,40)(H,36,39). The quantitative estimate of drug-likeness (QED) is 0.0867. The zero-order valence-corrected chi connectivity index (χ0v) is 23.9. The van der Waals surface area contributed by atoms with Gasteiger partial charge in [0.1, 0.15) is 0 Å². The van der Waals surface area contributed by atoms with E-state index in [0.717, 1.165) is 45.7 Å². The molecule has 0 aliphatic rings. The fraction of sp³-hybridized carbons (Fsp3) is 0.294. The lowest BCUT2D eigenvalue weighted by Crippen LogP contribution is -2.24. The largest absolute Gasteiger partial charge is 0.393 e. The van der Waals surface area contributed by atoms with E-state index in [-0.39, 0.29) is 18.2 Å². The van der Waals surface area contributed by atoms with Crippen LogP contribution in [0.25, 0.3) is 22.4 Å². The summed E-state index contributed by atoms with van der Waals surface area (Å²) in [6, 6.07) is 27.9. The minimum Gasteiger partial charge on any atom is -0.393 e. The third-order valence-electron chi connectivity index (χ3n) is 7.21. The lowest BCUT2D eigenvalue weighted by Gasteiger charge is -2.18. The number of nitrogens with one attached hydrogen (secondary N) is 2. The van der Waals surface area contributed by atoms with Crippen molar-refractivity contribution in [1.29, 1.82) is 0 Å². The van der Waals surface area contributed by atoms with Gasteiger partial charge in [-0.2, -0.15) is 0 Å². The summed E-state index contributed by atoms with van der Waals surface area (Å²) in [4.78, 5) is 25.5. The molecule has 0 aliphatic heterocycles. The lowest BCUT2D eigenvalue weighted by molar-refractivity contribution is -0.131. The highest BCUT2D eigenvalue weighted by Crippen LogP contribution is 2.42. The Hall–Kier alpha value is -4.20. The second-order valence-corrected chi connectivity index (χ2v) is 10.7. The molecular weight excluding hydrogens is 514 g/mol. The Morgan fingerprint density at radius 2 is 1.49 bits per heavy atom. The maximum absolute atomic E-state index is 14.1. The number of amides is 2. The summed E-state index contributed by atoms with van der Waals surface area (Å²) in [5, 5.41) is 22.1. The van der Waals surface area contributed by atoms with Gasteiger partial charge in [0.05, 0.1) is 23.8 Å². The molecule has 0 spiro atoms. The Balaban J connectivity index is 1.83. The van der Waals surface area contributed by atoms with Gasteiger partial charge < -0.3 is 15.0 Å². The average molecular weight is 554 g/mol. The van der Waals surface area contributed by atoms with Crippen molar-refractivity contribution in [3.63, 3.8) is 0 Å². The van der Waals surface area contributed by atoms with Gasteiger partial charge in [0.25, 0.3) is 5.91 Å². The summed E-state index contributed by atoms with van der Waals surface area (Å²) in [6.45, 7) is 6.90. The third kappa shape index (κ3) is 7.31. The molecule has 7 nitrogen and oxygen atoms in total. The van der Waals surface area contributed by atoms with E-state index in [9.17, 15) is 14.7 Å². The van der Waals surface area contributed by atoms with E-state index in [4.69, 9.17) is 5.21 Å². The highest BCUT2D eigenvalue weighted by Gasteiger charge is 2.30. The molecule has 4 N–H and O–H groups in total. The van der Waals surface area contributed by atoms with Gasteiger partial charge in [-0.05, 0) is 55.4 Å². The van der Waals surface area contributed by atoms with Crippen LogP contribution in [0.4, 0.5) is 5.69 Å². The van der Waals surface area contributed by atoms with E-state index < -0.39 is 12.0 Å². The molecule has 0 saturated carbocycles. The number of hydrogen-bond acceptors (Lipinski definition) is 4. The van der Waals surface area contributed by atoms with Crippen molar-refractivity contribution in [2.75, 3.05) is 5.32 Å². The van der Waals surface area contributed by atoms with E-state index in [1.54, 1.807) is 5.48 Å². The topological polar surface area (TPSA) is 104 Å². The van der Waals surface area contributed by atoms with Crippen LogP contribution in [0, 0.1) is 6.92 Å². The highest BCUT2D eigenvalue weighted by atomic mass is 16.5. The van der Waals surface area contributed by atoms with E-state index in [2.05, 4.69) is 54.9 Å². The Kier molecular flexibility index (Phi) is 10.1. The van der Waals surface area contributed by atoms with Crippen LogP contribution in [-0.4, -0.2) is 32.8 Å². The Bertz CT molecular complexity index is 1450. The first-order chi connectivity index (χ1) is 19.8. The predicted octanol–water partition coefficient (Wildman–Crippen LogP) is 6.93. The molecule has 0 saturated heterocycles. The number of rotatable bonds is 12. The maximum atomic E-state index is 14.1. The molecule has 2 amide bonds. The number of aryl methyl sites for hydroxylation is 1. The van der Waals surface area contributed by atoms with Crippen molar-refractivity contribution < 1.29 is 19.9 Å². The fourth-order valence-corrected chi connectivity index (χ4v) is 5.32. The van der Waals surface area contributed by atoms with Crippen molar-refractivity contribution in [2.24, 2.45) is 0 Å². The zero-order valence-electron chi connectivity index (χ0n) is 23.9. The number of aliphatic hydroxyl groups is 1. The maximum Gasteiger partial charge on any atom is 0.258 e. The summed E-state index contributed by atoms with van der Waals surface area (Å²) < 4.78 is 2.27. The van der Waals surface area contributed by atoms with Gasteiger partial charge in [0.15, 0.2) is 0 Å². The third-order valence-corrected chi connectivity index (χ3v) is 7.21. The summed E-state index contributed by atoms with van der Waals surface area (Å²) in [5.74, 6) is -0.712. The number of carbonyl (C=O) groups excluding carboxylic acids is 2. The van der Waals surface area contributed by atoms with Crippen molar-refractivity contribution in [3.8, 4) is 22.4 Å². The summed E-state index contributed by atoms with van der Waals surface area (Å²) in [7, 11) is 0. The van der Waals surface area contributed by atoms with Crippen LogP contribution in [0.1, 0.15) is 67.1 Å². The minimum atomic E-state index is -0.833. The Morgan fingerprint density at radius 1 is 0.854 bits per heavy atom. The van der Waals surface area contributed by atoms with Crippen molar-refractivity contribution in [2.45, 2.75) is 65.0 Å². The van der Waals surface area contributed by atoms with Gasteiger partial charge in [-0.3, -0.25) is 14.8 Å². The van der Waals surface area contributed by atoms with Gasteiger partial charge in [-0.1, -0.05) is 92.2 Å². The molecule has 1 aromatic heterocycles. The van der Waals surface area contributed by atoms with Crippen LogP contribution in [-0.2, 0) is 11.3 Å². The van der Waals surface area contributed by atoms with Crippen LogP contribution in [0.3, 0.4) is 0 Å². The molecule has 0 bridgehead atoms. The van der Waals surface area contributed by atoms with E-state index in [1.807, 2.05) is 60.7 Å². The van der Waals surface area contributed by atoms with Crippen molar-refractivity contribution in [3.05, 3.63) is 102 Å². The number of aromatic nitrogens is 1. The summed E-state index contributed by atoms with van der Waals surface area (Å²) >= 11 is 0. The molecule has 0 aliphatic carbocycles. The van der Waals surface area contributed by atoms with E-state index >= 15 is 0 Å². The molecule has 0 radical (unpaired) electrons.